The molecule has 7 nitrogen and oxygen atoms in total. The topological polar surface area (TPSA) is 88.6 Å². The van der Waals surface area contributed by atoms with Crippen LogP contribution in [0, 0.1) is 0 Å². The number of furan rings is 1. The van der Waals surface area contributed by atoms with E-state index in [2.05, 4.69) is 22.2 Å². The molecule has 0 saturated carbocycles. The minimum absolute atomic E-state index is 0.275. The van der Waals surface area contributed by atoms with Crippen LogP contribution in [-0.4, -0.2) is 21.8 Å². The Kier molecular flexibility index (Phi) is 4.42. The van der Waals surface area contributed by atoms with E-state index in [0.29, 0.717) is 29.2 Å². The monoisotopic (exact) mass is 324 g/mol. The van der Waals surface area contributed by atoms with Crippen molar-refractivity contribution in [3.05, 3.63) is 77.3 Å². The molecule has 1 amide bonds. The average Bonchev–Trinajstić information content (AvgIpc) is 3.12. The molecule has 0 unspecified atom stereocenters. The Hall–Kier alpha value is -3.35. The molecule has 24 heavy (non-hydrogen) atoms. The summed E-state index contributed by atoms with van der Waals surface area (Å²) in [6.07, 6.45) is 6.13. The fourth-order valence-corrected chi connectivity index (χ4v) is 2.20. The van der Waals surface area contributed by atoms with Gasteiger partial charge in [-0.05, 0) is 24.3 Å². The first-order chi connectivity index (χ1) is 11.7. The zero-order valence-corrected chi connectivity index (χ0v) is 12.9. The second-order valence-electron chi connectivity index (χ2n) is 5.05. The molecule has 0 radical (unpaired) electrons. The second kappa shape index (κ2) is 6.82. The van der Waals surface area contributed by atoms with Gasteiger partial charge in [0, 0.05) is 12.7 Å². The van der Waals surface area contributed by atoms with Gasteiger partial charge in [-0.2, -0.15) is 0 Å². The molecular formula is C17H16N4O3. The summed E-state index contributed by atoms with van der Waals surface area (Å²) in [5.74, 6) is 0.350. The zero-order chi connectivity index (χ0) is 16.9. The van der Waals surface area contributed by atoms with Gasteiger partial charge in [0.15, 0.2) is 0 Å². The number of hydrogen-bond acceptors (Lipinski definition) is 5. The van der Waals surface area contributed by atoms with Gasteiger partial charge in [0.1, 0.15) is 17.1 Å². The van der Waals surface area contributed by atoms with Crippen molar-refractivity contribution >= 4 is 17.2 Å². The molecule has 0 spiro atoms. The maximum atomic E-state index is 12.4. The molecule has 3 heterocycles. The number of rotatable bonds is 6. The molecule has 0 saturated heterocycles. The zero-order valence-electron chi connectivity index (χ0n) is 12.9. The fourth-order valence-electron chi connectivity index (χ4n) is 2.20. The highest BCUT2D eigenvalue weighted by atomic mass is 16.3. The molecule has 0 fully saturated rings. The van der Waals surface area contributed by atoms with Crippen LogP contribution < -0.4 is 16.2 Å². The van der Waals surface area contributed by atoms with Crippen LogP contribution in [0.15, 0.2) is 64.8 Å². The summed E-state index contributed by atoms with van der Waals surface area (Å²) >= 11 is 0. The fraction of sp³-hybridized carbons (Fsp3) is 0.118. The maximum Gasteiger partial charge on any atom is 0.281 e. The predicted octanol–water partition coefficient (Wildman–Crippen LogP) is 1.82. The van der Waals surface area contributed by atoms with E-state index in [0.717, 1.165) is 0 Å². The van der Waals surface area contributed by atoms with E-state index in [1.54, 1.807) is 36.6 Å². The van der Waals surface area contributed by atoms with Crippen LogP contribution in [0.25, 0.3) is 5.65 Å². The lowest BCUT2D eigenvalue weighted by Crippen LogP contribution is -2.25. The van der Waals surface area contributed by atoms with Crippen LogP contribution in [0.4, 0.5) is 5.69 Å². The van der Waals surface area contributed by atoms with E-state index in [4.69, 9.17) is 4.42 Å². The molecule has 0 aliphatic heterocycles. The van der Waals surface area contributed by atoms with Crippen molar-refractivity contribution in [3.63, 3.8) is 0 Å². The smallest absolute Gasteiger partial charge is 0.281 e. The third kappa shape index (κ3) is 3.19. The normalized spacial score (nSPS) is 10.5. The Labute approximate surface area is 137 Å². The molecule has 2 N–H and O–H groups in total. The first kappa shape index (κ1) is 15.5. The number of aromatic nitrogens is 2. The minimum Gasteiger partial charge on any atom is -0.467 e. The Morgan fingerprint density at radius 2 is 2.25 bits per heavy atom. The summed E-state index contributed by atoms with van der Waals surface area (Å²) in [5.41, 5.74) is 0.897. The van der Waals surface area contributed by atoms with Crippen molar-refractivity contribution in [3.8, 4) is 0 Å². The molecule has 3 aromatic heterocycles. The number of nitrogens with zero attached hydrogens (tertiary/aromatic N) is 2. The number of hydrogen-bond donors (Lipinski definition) is 2. The summed E-state index contributed by atoms with van der Waals surface area (Å²) in [6, 6.07) is 6.77. The lowest BCUT2D eigenvalue weighted by molar-refractivity contribution is 0.0947. The van der Waals surface area contributed by atoms with Crippen molar-refractivity contribution in [2.24, 2.45) is 0 Å². The van der Waals surface area contributed by atoms with Crippen LogP contribution in [0.2, 0.25) is 0 Å². The number of carbonyl (C=O) groups excluding carboxylic acids is 1. The van der Waals surface area contributed by atoms with E-state index in [1.807, 2.05) is 0 Å². The standard InChI is InChI=1S/C17H16N4O3/c1-2-7-18-14-10-19-15-6-5-12(11-21(15)17(14)23)16(22)20-9-13-4-3-8-24-13/h2-6,8,10-11,18H,1,7,9H2,(H,20,22). The number of nitrogens with one attached hydrogen (secondary N) is 2. The molecule has 0 aliphatic carbocycles. The van der Waals surface area contributed by atoms with E-state index >= 15 is 0 Å². The van der Waals surface area contributed by atoms with Crippen molar-refractivity contribution in [2.45, 2.75) is 6.54 Å². The number of amides is 1. The number of fused-ring (bicyclic) bond motifs is 1. The molecule has 3 rings (SSSR count). The highest BCUT2D eigenvalue weighted by molar-refractivity contribution is 5.94. The molecule has 3 aromatic rings. The van der Waals surface area contributed by atoms with E-state index in [9.17, 15) is 9.59 Å². The van der Waals surface area contributed by atoms with Crippen molar-refractivity contribution in [1.82, 2.24) is 14.7 Å². The van der Waals surface area contributed by atoms with Crippen molar-refractivity contribution in [2.75, 3.05) is 11.9 Å². The van der Waals surface area contributed by atoms with Crippen molar-refractivity contribution < 1.29 is 9.21 Å². The summed E-state index contributed by atoms with van der Waals surface area (Å²) in [4.78, 5) is 28.9. The van der Waals surface area contributed by atoms with Gasteiger partial charge in [0.05, 0.1) is 24.6 Å². The predicted molar refractivity (Wildman–Crippen MR) is 90.0 cm³/mol. The van der Waals surface area contributed by atoms with E-state index in [-0.39, 0.29) is 18.0 Å². The summed E-state index contributed by atoms with van der Waals surface area (Å²) in [6.45, 7) is 4.32. The summed E-state index contributed by atoms with van der Waals surface area (Å²) in [7, 11) is 0. The van der Waals surface area contributed by atoms with Crippen LogP contribution in [0.1, 0.15) is 16.1 Å². The van der Waals surface area contributed by atoms with Crippen LogP contribution >= 0.6 is 0 Å². The number of pyridine rings is 1. The first-order valence-corrected chi connectivity index (χ1v) is 7.36. The van der Waals surface area contributed by atoms with E-state index in [1.165, 1.54) is 16.8 Å². The van der Waals surface area contributed by atoms with Crippen LogP contribution in [0.3, 0.4) is 0 Å². The lowest BCUT2D eigenvalue weighted by Gasteiger charge is -2.08. The van der Waals surface area contributed by atoms with Crippen LogP contribution in [0.5, 0.6) is 0 Å². The molecule has 122 valence electrons. The van der Waals surface area contributed by atoms with Gasteiger partial charge in [0.25, 0.3) is 11.5 Å². The summed E-state index contributed by atoms with van der Waals surface area (Å²) < 4.78 is 6.51. The Morgan fingerprint density at radius 3 is 3.00 bits per heavy atom. The third-order valence-electron chi connectivity index (χ3n) is 3.40. The maximum absolute atomic E-state index is 12.4. The SMILES string of the molecule is C=CCNc1cnc2ccc(C(=O)NCc3ccco3)cn2c1=O. The lowest BCUT2D eigenvalue weighted by atomic mass is 10.2. The molecular weight excluding hydrogens is 308 g/mol. The van der Waals surface area contributed by atoms with Gasteiger partial charge in [-0.15, -0.1) is 6.58 Å². The van der Waals surface area contributed by atoms with Crippen molar-refractivity contribution in [1.29, 1.82) is 0 Å². The minimum atomic E-state index is -0.301. The molecule has 0 bridgehead atoms. The average molecular weight is 324 g/mol. The largest absolute Gasteiger partial charge is 0.467 e. The van der Waals surface area contributed by atoms with Gasteiger partial charge < -0.3 is 15.1 Å². The van der Waals surface area contributed by atoms with Crippen LogP contribution in [-0.2, 0) is 6.54 Å². The molecule has 7 heteroatoms. The Morgan fingerprint density at radius 1 is 1.38 bits per heavy atom. The third-order valence-corrected chi connectivity index (χ3v) is 3.40. The van der Waals surface area contributed by atoms with Gasteiger partial charge >= 0.3 is 0 Å². The Balaban J connectivity index is 1.86. The van der Waals surface area contributed by atoms with Gasteiger partial charge in [-0.25, -0.2) is 4.98 Å². The van der Waals surface area contributed by atoms with E-state index < -0.39 is 0 Å². The Bertz CT molecular complexity index is 929. The number of anilines is 1. The second-order valence-corrected chi connectivity index (χ2v) is 5.05. The first-order valence-electron chi connectivity index (χ1n) is 7.36. The molecule has 0 aliphatic rings. The van der Waals surface area contributed by atoms with Gasteiger partial charge in [-0.3, -0.25) is 14.0 Å². The quantitative estimate of drug-likeness (QED) is 0.675. The number of carbonyl (C=O) groups is 1. The highest BCUT2D eigenvalue weighted by Crippen LogP contribution is 2.06. The molecule has 0 aromatic carbocycles. The van der Waals surface area contributed by atoms with Gasteiger partial charge in [-0.1, -0.05) is 6.08 Å². The van der Waals surface area contributed by atoms with Gasteiger partial charge in [0.2, 0.25) is 0 Å². The molecule has 0 atom stereocenters. The summed E-state index contributed by atoms with van der Waals surface area (Å²) in [5, 5.41) is 5.66. The highest BCUT2D eigenvalue weighted by Gasteiger charge is 2.10.